The second-order valence-electron chi connectivity index (χ2n) is 6.30. The van der Waals surface area contributed by atoms with Crippen LogP contribution in [0.2, 0.25) is 0 Å². The molecule has 1 heterocycles. The van der Waals surface area contributed by atoms with Crippen LogP contribution in [-0.2, 0) is 14.3 Å². The molecule has 0 radical (unpaired) electrons. The first-order valence-electron chi connectivity index (χ1n) is 9.10. The summed E-state index contributed by atoms with van der Waals surface area (Å²) in [6, 6.07) is 13.6. The Kier molecular flexibility index (Phi) is 6.86. The lowest BCUT2D eigenvalue weighted by molar-refractivity contribution is -0.119. The van der Waals surface area contributed by atoms with Gasteiger partial charge in [-0.05, 0) is 49.2 Å². The van der Waals surface area contributed by atoms with Crippen molar-refractivity contribution in [3.63, 3.8) is 0 Å². The zero-order chi connectivity index (χ0) is 19.8. The monoisotopic (exact) mass is 385 g/mol. The van der Waals surface area contributed by atoms with Gasteiger partial charge in [0.15, 0.2) is 6.61 Å². The van der Waals surface area contributed by atoms with E-state index in [1.165, 1.54) is 7.11 Å². The van der Waals surface area contributed by atoms with Crippen LogP contribution in [0, 0.1) is 0 Å². The fourth-order valence-corrected chi connectivity index (χ4v) is 2.80. The van der Waals surface area contributed by atoms with Crippen molar-refractivity contribution in [2.45, 2.75) is 18.9 Å². The molecule has 3 rings (SSSR count). The zero-order valence-electron chi connectivity index (χ0n) is 15.7. The summed E-state index contributed by atoms with van der Waals surface area (Å²) in [6.45, 7) is 0.879. The molecule has 7 nitrogen and oxygen atoms in total. The van der Waals surface area contributed by atoms with E-state index in [9.17, 15) is 9.59 Å². The first-order chi connectivity index (χ1) is 13.7. The molecular formula is C21H23NO6. The Morgan fingerprint density at radius 2 is 1.93 bits per heavy atom. The van der Waals surface area contributed by atoms with Gasteiger partial charge in [0.1, 0.15) is 18.1 Å². The van der Waals surface area contributed by atoms with Gasteiger partial charge in [-0.15, -0.1) is 0 Å². The van der Waals surface area contributed by atoms with Gasteiger partial charge in [-0.3, -0.25) is 4.79 Å². The molecule has 1 saturated heterocycles. The SMILES string of the molecule is COc1ccccc1NC(=O)COC(=O)c1ccc(OC[C@H]2CCCO2)cc1. The predicted molar refractivity (Wildman–Crippen MR) is 103 cm³/mol. The lowest BCUT2D eigenvalue weighted by Crippen LogP contribution is -2.21. The first-order valence-corrected chi connectivity index (χ1v) is 9.10. The van der Waals surface area contributed by atoms with Gasteiger partial charge in [0, 0.05) is 6.61 Å². The average molecular weight is 385 g/mol. The van der Waals surface area contributed by atoms with E-state index >= 15 is 0 Å². The number of benzene rings is 2. The molecule has 0 aliphatic carbocycles. The van der Waals surface area contributed by atoms with Gasteiger partial charge in [0.2, 0.25) is 0 Å². The molecule has 1 aliphatic heterocycles. The number of para-hydroxylation sites is 2. The van der Waals surface area contributed by atoms with Crippen LogP contribution in [0.1, 0.15) is 23.2 Å². The van der Waals surface area contributed by atoms with E-state index in [-0.39, 0.29) is 6.10 Å². The molecule has 1 atom stereocenters. The first kappa shape index (κ1) is 19.7. The van der Waals surface area contributed by atoms with Crippen LogP contribution in [0.15, 0.2) is 48.5 Å². The summed E-state index contributed by atoms with van der Waals surface area (Å²) in [7, 11) is 1.51. The largest absolute Gasteiger partial charge is 0.495 e. The third kappa shape index (κ3) is 5.47. The van der Waals surface area contributed by atoms with Crippen LogP contribution in [0.25, 0.3) is 0 Å². The molecule has 0 bridgehead atoms. The summed E-state index contributed by atoms with van der Waals surface area (Å²) in [5.74, 6) is 0.150. The minimum absolute atomic E-state index is 0.131. The maximum atomic E-state index is 12.1. The summed E-state index contributed by atoms with van der Waals surface area (Å²) in [5, 5.41) is 2.65. The minimum Gasteiger partial charge on any atom is -0.495 e. The number of hydrogen-bond acceptors (Lipinski definition) is 6. The van der Waals surface area contributed by atoms with Crippen molar-refractivity contribution in [3.8, 4) is 11.5 Å². The van der Waals surface area contributed by atoms with Crippen molar-refractivity contribution in [2.75, 3.05) is 32.2 Å². The summed E-state index contributed by atoms with van der Waals surface area (Å²) in [6.07, 6.45) is 2.19. The summed E-state index contributed by atoms with van der Waals surface area (Å²) < 4.78 is 21.4. The summed E-state index contributed by atoms with van der Waals surface area (Å²) in [4.78, 5) is 24.1. The van der Waals surface area contributed by atoms with Crippen LogP contribution in [0.4, 0.5) is 5.69 Å². The number of nitrogens with one attached hydrogen (secondary N) is 1. The fraction of sp³-hybridized carbons (Fsp3) is 0.333. The number of ether oxygens (including phenoxy) is 4. The maximum absolute atomic E-state index is 12.1. The summed E-state index contributed by atoms with van der Waals surface area (Å²) >= 11 is 0. The Labute approximate surface area is 163 Å². The molecule has 1 amide bonds. The molecule has 0 unspecified atom stereocenters. The highest BCUT2D eigenvalue weighted by molar-refractivity contribution is 5.96. The lowest BCUT2D eigenvalue weighted by atomic mass is 10.2. The van der Waals surface area contributed by atoms with Gasteiger partial charge in [0.25, 0.3) is 5.91 Å². The number of carbonyl (C=O) groups excluding carboxylic acids is 2. The molecular weight excluding hydrogens is 362 g/mol. The third-order valence-electron chi connectivity index (χ3n) is 4.27. The zero-order valence-corrected chi connectivity index (χ0v) is 15.7. The van der Waals surface area contributed by atoms with E-state index in [4.69, 9.17) is 18.9 Å². The van der Waals surface area contributed by atoms with Gasteiger partial charge in [-0.2, -0.15) is 0 Å². The number of methoxy groups -OCH3 is 1. The van der Waals surface area contributed by atoms with E-state index < -0.39 is 18.5 Å². The highest BCUT2D eigenvalue weighted by atomic mass is 16.5. The molecule has 0 aromatic heterocycles. The van der Waals surface area contributed by atoms with Gasteiger partial charge >= 0.3 is 5.97 Å². The Morgan fingerprint density at radius 1 is 1.14 bits per heavy atom. The normalized spacial score (nSPS) is 15.7. The fourth-order valence-electron chi connectivity index (χ4n) is 2.80. The van der Waals surface area contributed by atoms with E-state index in [2.05, 4.69) is 5.32 Å². The minimum atomic E-state index is -0.583. The topological polar surface area (TPSA) is 83.1 Å². The third-order valence-corrected chi connectivity index (χ3v) is 4.27. The molecule has 0 spiro atoms. The number of rotatable bonds is 8. The molecule has 2 aromatic carbocycles. The highest BCUT2D eigenvalue weighted by Gasteiger charge is 2.16. The van der Waals surface area contributed by atoms with Gasteiger partial charge in [-0.1, -0.05) is 12.1 Å². The second kappa shape index (κ2) is 9.75. The number of esters is 1. The Bertz CT molecular complexity index is 799. The molecule has 148 valence electrons. The average Bonchev–Trinajstić information content (AvgIpc) is 3.25. The van der Waals surface area contributed by atoms with Crippen molar-refractivity contribution < 1.29 is 28.5 Å². The van der Waals surface area contributed by atoms with E-state index in [0.29, 0.717) is 29.4 Å². The van der Waals surface area contributed by atoms with Crippen molar-refractivity contribution in [3.05, 3.63) is 54.1 Å². The summed E-state index contributed by atoms with van der Waals surface area (Å²) in [5.41, 5.74) is 0.855. The van der Waals surface area contributed by atoms with Crippen molar-refractivity contribution in [1.29, 1.82) is 0 Å². The van der Waals surface area contributed by atoms with E-state index in [0.717, 1.165) is 19.4 Å². The van der Waals surface area contributed by atoms with Crippen molar-refractivity contribution in [2.24, 2.45) is 0 Å². The molecule has 28 heavy (non-hydrogen) atoms. The number of hydrogen-bond donors (Lipinski definition) is 1. The molecule has 0 saturated carbocycles. The molecule has 1 fully saturated rings. The number of anilines is 1. The van der Waals surface area contributed by atoms with Gasteiger partial charge in [0.05, 0.1) is 24.5 Å². The lowest BCUT2D eigenvalue weighted by Gasteiger charge is -2.12. The number of amides is 1. The van der Waals surface area contributed by atoms with Crippen LogP contribution in [-0.4, -0.2) is 44.9 Å². The molecule has 2 aromatic rings. The Morgan fingerprint density at radius 3 is 2.64 bits per heavy atom. The predicted octanol–water partition coefficient (Wildman–Crippen LogP) is 3.05. The quantitative estimate of drug-likeness (QED) is 0.704. The highest BCUT2D eigenvalue weighted by Crippen LogP contribution is 2.23. The van der Waals surface area contributed by atoms with Crippen LogP contribution in [0.5, 0.6) is 11.5 Å². The van der Waals surface area contributed by atoms with E-state index in [1.807, 2.05) is 0 Å². The van der Waals surface area contributed by atoms with Crippen LogP contribution in [0.3, 0.4) is 0 Å². The van der Waals surface area contributed by atoms with Gasteiger partial charge in [-0.25, -0.2) is 4.79 Å². The number of carbonyl (C=O) groups is 2. The molecule has 1 aliphatic rings. The second-order valence-corrected chi connectivity index (χ2v) is 6.30. The molecule has 1 N–H and O–H groups in total. The van der Waals surface area contributed by atoms with Crippen LogP contribution >= 0.6 is 0 Å². The Hall–Kier alpha value is -3.06. The maximum Gasteiger partial charge on any atom is 0.338 e. The van der Waals surface area contributed by atoms with Crippen molar-refractivity contribution in [1.82, 2.24) is 0 Å². The standard InChI is InChI=1S/C21H23NO6/c1-25-19-7-3-2-6-18(19)22-20(23)14-28-21(24)15-8-10-16(11-9-15)27-13-17-5-4-12-26-17/h2-3,6-11,17H,4-5,12-14H2,1H3,(H,22,23)/t17-/m1/s1. The molecule has 7 heteroatoms. The Balaban J connectivity index is 1.45. The van der Waals surface area contributed by atoms with Gasteiger partial charge < -0.3 is 24.3 Å². The van der Waals surface area contributed by atoms with Crippen LogP contribution < -0.4 is 14.8 Å². The van der Waals surface area contributed by atoms with Crippen molar-refractivity contribution >= 4 is 17.6 Å². The smallest absolute Gasteiger partial charge is 0.338 e. The van der Waals surface area contributed by atoms with E-state index in [1.54, 1.807) is 48.5 Å².